The summed E-state index contributed by atoms with van der Waals surface area (Å²) in [7, 11) is 1.81. The van der Waals surface area contributed by atoms with Gasteiger partial charge in [-0.15, -0.1) is 11.3 Å². The van der Waals surface area contributed by atoms with Crippen LogP contribution in [0.25, 0.3) is 0 Å². The maximum atomic E-state index is 5.77. The number of ether oxygens (including phenoxy) is 1. The van der Waals surface area contributed by atoms with E-state index in [0.29, 0.717) is 6.04 Å². The number of aromatic nitrogens is 1. The van der Waals surface area contributed by atoms with Gasteiger partial charge in [0.2, 0.25) is 0 Å². The molecule has 1 rings (SSSR count). The molecule has 0 aliphatic heterocycles. The van der Waals surface area contributed by atoms with Crippen molar-refractivity contribution in [2.24, 2.45) is 5.41 Å². The van der Waals surface area contributed by atoms with Crippen LogP contribution >= 0.6 is 11.3 Å². The number of hydrogen-bond donors (Lipinski definition) is 1. The SMILES string of the molecule is CCCNC(Cc1nc(C)cs1)C(OC)C(C)(C)C. The summed E-state index contributed by atoms with van der Waals surface area (Å²) in [5, 5.41) is 6.93. The first-order chi connectivity index (χ1) is 8.88. The number of hydrogen-bond acceptors (Lipinski definition) is 4. The maximum Gasteiger partial charge on any atom is 0.0944 e. The summed E-state index contributed by atoms with van der Waals surface area (Å²) in [6.07, 6.45) is 2.26. The van der Waals surface area contributed by atoms with E-state index in [2.05, 4.69) is 43.4 Å². The van der Waals surface area contributed by atoms with Gasteiger partial charge in [0.15, 0.2) is 0 Å². The molecule has 19 heavy (non-hydrogen) atoms. The molecule has 0 saturated heterocycles. The summed E-state index contributed by atoms with van der Waals surface area (Å²) >= 11 is 1.74. The number of thiazole rings is 1. The highest BCUT2D eigenvalue weighted by atomic mass is 32.1. The smallest absolute Gasteiger partial charge is 0.0944 e. The molecule has 1 aromatic heterocycles. The molecule has 2 unspecified atom stereocenters. The van der Waals surface area contributed by atoms with Crippen LogP contribution in [0.2, 0.25) is 0 Å². The molecule has 0 aliphatic carbocycles. The van der Waals surface area contributed by atoms with Crippen molar-refractivity contribution in [1.82, 2.24) is 10.3 Å². The van der Waals surface area contributed by atoms with Crippen LogP contribution in [0.3, 0.4) is 0 Å². The van der Waals surface area contributed by atoms with Crippen molar-refractivity contribution in [3.63, 3.8) is 0 Å². The van der Waals surface area contributed by atoms with Crippen LogP contribution < -0.4 is 5.32 Å². The molecule has 1 heterocycles. The summed E-state index contributed by atoms with van der Waals surface area (Å²) in [6.45, 7) is 12.0. The second kappa shape index (κ2) is 7.36. The quantitative estimate of drug-likeness (QED) is 0.833. The second-order valence-corrected chi connectivity index (χ2v) is 7.11. The summed E-state index contributed by atoms with van der Waals surface area (Å²) in [4.78, 5) is 4.58. The van der Waals surface area contributed by atoms with Crippen LogP contribution in [0.4, 0.5) is 0 Å². The average molecular weight is 284 g/mol. The molecule has 1 aromatic rings. The molecule has 0 radical (unpaired) electrons. The molecule has 0 aromatic carbocycles. The van der Waals surface area contributed by atoms with Crippen LogP contribution in [-0.2, 0) is 11.2 Å². The number of rotatable bonds is 7. The van der Waals surface area contributed by atoms with Crippen LogP contribution in [0.15, 0.2) is 5.38 Å². The molecule has 0 saturated carbocycles. The highest BCUT2D eigenvalue weighted by Crippen LogP contribution is 2.26. The molecule has 0 bridgehead atoms. The molecule has 4 heteroatoms. The Morgan fingerprint density at radius 3 is 2.53 bits per heavy atom. The fourth-order valence-corrected chi connectivity index (χ4v) is 3.25. The van der Waals surface area contributed by atoms with Crippen LogP contribution in [0, 0.1) is 12.3 Å². The van der Waals surface area contributed by atoms with Gasteiger partial charge in [-0.2, -0.15) is 0 Å². The van der Waals surface area contributed by atoms with Crippen LogP contribution in [0.5, 0.6) is 0 Å². The van der Waals surface area contributed by atoms with E-state index < -0.39 is 0 Å². The maximum absolute atomic E-state index is 5.77. The fraction of sp³-hybridized carbons (Fsp3) is 0.800. The van der Waals surface area contributed by atoms with Crippen molar-refractivity contribution in [2.75, 3.05) is 13.7 Å². The molecule has 110 valence electrons. The third-order valence-electron chi connectivity index (χ3n) is 3.19. The molecular formula is C15H28N2OS. The van der Waals surface area contributed by atoms with Gasteiger partial charge in [0.25, 0.3) is 0 Å². The molecule has 0 amide bonds. The third-order valence-corrected chi connectivity index (χ3v) is 4.18. The van der Waals surface area contributed by atoms with E-state index in [9.17, 15) is 0 Å². The van der Waals surface area contributed by atoms with Crippen LogP contribution in [0.1, 0.15) is 44.8 Å². The second-order valence-electron chi connectivity index (χ2n) is 6.17. The van der Waals surface area contributed by atoms with Gasteiger partial charge in [0, 0.05) is 30.6 Å². The van der Waals surface area contributed by atoms with E-state index in [0.717, 1.165) is 25.1 Å². The molecular weight excluding hydrogens is 256 g/mol. The Kier molecular flexibility index (Phi) is 6.43. The molecule has 0 spiro atoms. The Labute approximate surface area is 121 Å². The minimum absolute atomic E-state index is 0.118. The standard InChI is InChI=1S/C15H28N2OS/c1-7-8-16-12(14(18-6)15(3,4)5)9-13-17-11(2)10-19-13/h10,12,14,16H,7-9H2,1-6H3. The highest BCUT2D eigenvalue weighted by molar-refractivity contribution is 7.09. The van der Waals surface area contributed by atoms with Gasteiger partial charge < -0.3 is 10.1 Å². The number of nitrogens with zero attached hydrogens (tertiary/aromatic N) is 1. The lowest BCUT2D eigenvalue weighted by atomic mass is 9.83. The first-order valence-electron chi connectivity index (χ1n) is 7.05. The van der Waals surface area contributed by atoms with Gasteiger partial charge in [-0.1, -0.05) is 27.7 Å². The monoisotopic (exact) mass is 284 g/mol. The minimum Gasteiger partial charge on any atom is -0.379 e. The summed E-state index contributed by atoms with van der Waals surface area (Å²) in [5.41, 5.74) is 1.23. The summed E-state index contributed by atoms with van der Waals surface area (Å²) < 4.78 is 5.77. The molecule has 3 nitrogen and oxygen atoms in total. The zero-order valence-corrected chi connectivity index (χ0v) is 13.9. The molecule has 2 atom stereocenters. The topological polar surface area (TPSA) is 34.2 Å². The van der Waals surface area contributed by atoms with Gasteiger partial charge in [-0.05, 0) is 25.3 Å². The minimum atomic E-state index is 0.118. The summed E-state index contributed by atoms with van der Waals surface area (Å²) in [6, 6.07) is 0.315. The first kappa shape index (κ1) is 16.6. The normalized spacial score (nSPS) is 15.5. The van der Waals surface area contributed by atoms with Gasteiger partial charge in [0.05, 0.1) is 11.1 Å². The predicted octanol–water partition coefficient (Wildman–Crippen LogP) is 3.42. The summed E-state index contributed by atoms with van der Waals surface area (Å²) in [5.74, 6) is 0. The Morgan fingerprint density at radius 1 is 1.42 bits per heavy atom. The van der Waals surface area contributed by atoms with E-state index in [1.807, 2.05) is 14.0 Å². The molecule has 0 fully saturated rings. The number of methoxy groups -OCH3 is 1. The molecule has 1 N–H and O–H groups in total. The Balaban J connectivity index is 2.80. The largest absolute Gasteiger partial charge is 0.379 e. The van der Waals surface area contributed by atoms with Gasteiger partial charge in [0.1, 0.15) is 0 Å². The predicted molar refractivity (Wildman–Crippen MR) is 82.9 cm³/mol. The van der Waals surface area contributed by atoms with E-state index in [1.165, 1.54) is 5.01 Å². The lowest BCUT2D eigenvalue weighted by Gasteiger charge is -2.36. The van der Waals surface area contributed by atoms with Gasteiger partial charge in [-0.3, -0.25) is 0 Å². The third kappa shape index (κ3) is 5.21. The fourth-order valence-electron chi connectivity index (χ4n) is 2.42. The van der Waals surface area contributed by atoms with E-state index in [1.54, 1.807) is 11.3 Å². The van der Waals surface area contributed by atoms with Crippen LogP contribution in [-0.4, -0.2) is 30.8 Å². The van der Waals surface area contributed by atoms with E-state index in [-0.39, 0.29) is 11.5 Å². The van der Waals surface area contributed by atoms with Crippen molar-refractivity contribution < 1.29 is 4.74 Å². The van der Waals surface area contributed by atoms with Crippen molar-refractivity contribution in [2.45, 2.75) is 59.6 Å². The van der Waals surface area contributed by atoms with E-state index >= 15 is 0 Å². The molecule has 0 aliphatic rings. The average Bonchev–Trinajstić information content (AvgIpc) is 2.70. The number of nitrogens with one attached hydrogen (secondary N) is 1. The van der Waals surface area contributed by atoms with Crippen molar-refractivity contribution in [3.8, 4) is 0 Å². The zero-order valence-electron chi connectivity index (χ0n) is 13.1. The van der Waals surface area contributed by atoms with Crippen molar-refractivity contribution in [3.05, 3.63) is 16.1 Å². The van der Waals surface area contributed by atoms with Gasteiger partial charge in [-0.25, -0.2) is 4.98 Å². The van der Waals surface area contributed by atoms with Gasteiger partial charge >= 0.3 is 0 Å². The Morgan fingerprint density at radius 2 is 2.11 bits per heavy atom. The van der Waals surface area contributed by atoms with E-state index in [4.69, 9.17) is 4.74 Å². The highest BCUT2D eigenvalue weighted by Gasteiger charge is 2.32. The van der Waals surface area contributed by atoms with Crippen molar-refractivity contribution >= 4 is 11.3 Å². The lowest BCUT2D eigenvalue weighted by molar-refractivity contribution is -0.0109. The lowest BCUT2D eigenvalue weighted by Crippen LogP contribution is -2.49. The first-order valence-corrected chi connectivity index (χ1v) is 7.93. The van der Waals surface area contributed by atoms with Crippen molar-refractivity contribution in [1.29, 1.82) is 0 Å². The Hall–Kier alpha value is -0.450. The number of aryl methyl sites for hydroxylation is 1. The Bertz CT molecular complexity index is 370. The zero-order chi connectivity index (χ0) is 14.5.